The van der Waals surface area contributed by atoms with E-state index in [1.165, 1.54) is 27.0 Å². The van der Waals surface area contributed by atoms with E-state index in [2.05, 4.69) is 56.7 Å². The molecule has 3 heterocycles. The van der Waals surface area contributed by atoms with E-state index in [1.54, 1.807) is 0 Å². The van der Waals surface area contributed by atoms with Gasteiger partial charge in [-0.05, 0) is 18.9 Å². The lowest BCUT2D eigenvalue weighted by Gasteiger charge is -1.99. The van der Waals surface area contributed by atoms with Crippen molar-refractivity contribution in [2.24, 2.45) is 0 Å². The van der Waals surface area contributed by atoms with Crippen LogP contribution in [0, 0.1) is 6.92 Å². The van der Waals surface area contributed by atoms with E-state index in [9.17, 15) is 4.79 Å². The average molecular weight is 312 g/mol. The number of aromatic amines is 1. The summed E-state index contributed by atoms with van der Waals surface area (Å²) in [5, 5.41) is 15.3. The van der Waals surface area contributed by atoms with Gasteiger partial charge in [-0.15, -0.1) is 10.2 Å². The number of rotatable bonds is 3. The van der Waals surface area contributed by atoms with Crippen molar-refractivity contribution in [1.82, 2.24) is 30.0 Å². The molecule has 3 aromatic heterocycles. The van der Waals surface area contributed by atoms with E-state index in [4.69, 9.17) is 0 Å². The maximum Gasteiger partial charge on any atom is 0.305 e. The van der Waals surface area contributed by atoms with Gasteiger partial charge in [0.15, 0.2) is 5.52 Å². The highest BCUT2D eigenvalue weighted by molar-refractivity contribution is 7.16. The van der Waals surface area contributed by atoms with Crippen LogP contribution in [0.2, 0.25) is 0 Å². The minimum absolute atomic E-state index is 0.216. The van der Waals surface area contributed by atoms with Crippen molar-refractivity contribution in [3.63, 3.8) is 0 Å². The molecule has 0 atom stereocenters. The topological polar surface area (TPSA) is 88.8 Å². The average Bonchev–Trinajstić information content (AvgIpc) is 3.14. The van der Waals surface area contributed by atoms with Gasteiger partial charge < -0.3 is 0 Å². The molecule has 0 aliphatic rings. The van der Waals surface area contributed by atoms with Crippen LogP contribution in [-0.2, 0) is 12.8 Å². The molecular formula is C14H12N6OS. The third-order valence-corrected chi connectivity index (χ3v) is 4.44. The fourth-order valence-corrected chi connectivity index (χ4v) is 3.15. The minimum atomic E-state index is -0.286. The smallest absolute Gasteiger partial charge is 0.265 e. The first-order chi connectivity index (χ1) is 10.7. The number of benzene rings is 1. The fourth-order valence-electron chi connectivity index (χ4n) is 2.27. The van der Waals surface area contributed by atoms with Crippen molar-refractivity contribution < 1.29 is 0 Å². The molecule has 0 spiro atoms. The predicted octanol–water partition coefficient (Wildman–Crippen LogP) is 1.52. The molecule has 0 saturated carbocycles. The van der Waals surface area contributed by atoms with Crippen molar-refractivity contribution in [1.29, 1.82) is 0 Å². The Labute approximate surface area is 128 Å². The van der Waals surface area contributed by atoms with E-state index in [0.717, 1.165) is 17.8 Å². The molecule has 0 aliphatic heterocycles. The molecule has 0 amide bonds. The first kappa shape index (κ1) is 13.1. The Morgan fingerprint density at radius 1 is 1.18 bits per heavy atom. The fraction of sp³-hybridized carbons (Fsp3) is 0.214. The largest absolute Gasteiger partial charge is 0.305 e. The van der Waals surface area contributed by atoms with Gasteiger partial charge in [-0.25, -0.2) is 0 Å². The summed E-state index contributed by atoms with van der Waals surface area (Å²) < 4.78 is 1.31. The van der Waals surface area contributed by atoms with Crippen LogP contribution < -0.4 is 5.56 Å². The number of hydrogen-bond acceptors (Lipinski definition) is 6. The first-order valence-corrected chi connectivity index (χ1v) is 7.67. The van der Waals surface area contributed by atoms with Crippen molar-refractivity contribution in [2.45, 2.75) is 19.8 Å². The number of aromatic nitrogens is 6. The first-order valence-electron chi connectivity index (χ1n) is 6.85. The van der Waals surface area contributed by atoms with Crippen LogP contribution in [0.25, 0.3) is 16.1 Å². The van der Waals surface area contributed by atoms with Gasteiger partial charge in [0.2, 0.25) is 10.6 Å². The Hall–Kier alpha value is -2.61. The van der Waals surface area contributed by atoms with Crippen molar-refractivity contribution in [3.05, 3.63) is 50.8 Å². The van der Waals surface area contributed by atoms with E-state index < -0.39 is 0 Å². The molecule has 7 nitrogen and oxygen atoms in total. The van der Waals surface area contributed by atoms with Gasteiger partial charge in [-0.2, -0.15) is 19.8 Å². The summed E-state index contributed by atoms with van der Waals surface area (Å²) in [5.74, 6) is 0. The van der Waals surface area contributed by atoms with Crippen LogP contribution in [0.15, 0.2) is 29.1 Å². The van der Waals surface area contributed by atoms with E-state index in [-0.39, 0.29) is 11.1 Å². The van der Waals surface area contributed by atoms with Crippen LogP contribution in [0.3, 0.4) is 0 Å². The predicted molar refractivity (Wildman–Crippen MR) is 83.2 cm³/mol. The van der Waals surface area contributed by atoms with E-state index in [1.807, 2.05) is 0 Å². The molecule has 0 radical (unpaired) electrons. The van der Waals surface area contributed by atoms with Crippen LogP contribution >= 0.6 is 11.3 Å². The maximum absolute atomic E-state index is 12.2. The van der Waals surface area contributed by atoms with E-state index in [0.29, 0.717) is 10.6 Å². The Bertz CT molecular complexity index is 1010. The second-order valence-electron chi connectivity index (χ2n) is 5.09. The zero-order valence-corrected chi connectivity index (χ0v) is 12.6. The van der Waals surface area contributed by atoms with Crippen LogP contribution in [0.1, 0.15) is 16.1 Å². The highest BCUT2D eigenvalue weighted by Crippen LogP contribution is 2.15. The molecule has 0 saturated heterocycles. The maximum atomic E-state index is 12.2. The van der Waals surface area contributed by atoms with Gasteiger partial charge >= 0.3 is 5.56 Å². The summed E-state index contributed by atoms with van der Waals surface area (Å²) in [5.41, 5.74) is 2.76. The van der Waals surface area contributed by atoms with Gasteiger partial charge in [0, 0.05) is 6.42 Å². The zero-order valence-electron chi connectivity index (χ0n) is 11.8. The lowest BCUT2D eigenvalue weighted by atomic mass is 10.1. The Morgan fingerprint density at radius 2 is 2.00 bits per heavy atom. The number of fused-ring (bicyclic) bond motifs is 2. The summed E-state index contributed by atoms with van der Waals surface area (Å²) in [6.45, 7) is 2.07. The summed E-state index contributed by atoms with van der Waals surface area (Å²) >= 11 is 1.41. The van der Waals surface area contributed by atoms with E-state index >= 15 is 0 Å². The molecule has 1 aromatic carbocycles. The SMILES string of the molecule is Cc1ccc(CCc2nn3c(=O)c4n[nH]nc4nc3s2)cc1. The monoisotopic (exact) mass is 312 g/mol. The van der Waals surface area contributed by atoms with Crippen molar-refractivity contribution in [2.75, 3.05) is 0 Å². The zero-order chi connectivity index (χ0) is 15.1. The lowest BCUT2D eigenvalue weighted by Crippen LogP contribution is -2.15. The summed E-state index contributed by atoms with van der Waals surface area (Å²) in [7, 11) is 0. The third kappa shape index (κ3) is 2.17. The Morgan fingerprint density at radius 3 is 2.82 bits per heavy atom. The van der Waals surface area contributed by atoms with Crippen molar-refractivity contribution in [3.8, 4) is 0 Å². The standard InChI is InChI=1S/C14H12N6OS/c1-8-2-4-9(5-3-8)6-7-10-18-20-13(21)11-12(17-19-16-11)15-14(20)22-10/h2-5H,6-7H2,1H3,(H,16,17,19). The van der Waals surface area contributed by atoms with Gasteiger partial charge in [0.25, 0.3) is 0 Å². The molecule has 0 unspecified atom stereocenters. The third-order valence-electron chi connectivity index (χ3n) is 3.48. The number of nitrogens with zero attached hydrogens (tertiary/aromatic N) is 5. The molecule has 1 N–H and O–H groups in total. The lowest BCUT2D eigenvalue weighted by molar-refractivity contribution is 0.839. The number of aryl methyl sites for hydroxylation is 3. The van der Waals surface area contributed by atoms with Crippen molar-refractivity contribution >= 4 is 27.5 Å². The Balaban J connectivity index is 1.66. The van der Waals surface area contributed by atoms with Gasteiger partial charge in [0.05, 0.1) is 0 Å². The number of hydrogen-bond donors (Lipinski definition) is 1. The Kier molecular flexibility index (Phi) is 2.97. The number of H-pyrrole nitrogens is 1. The molecule has 110 valence electrons. The normalized spacial score (nSPS) is 11.5. The minimum Gasteiger partial charge on any atom is -0.265 e. The molecular weight excluding hydrogens is 300 g/mol. The quantitative estimate of drug-likeness (QED) is 0.619. The highest BCUT2D eigenvalue weighted by atomic mass is 32.1. The summed E-state index contributed by atoms with van der Waals surface area (Å²) in [6, 6.07) is 8.43. The molecule has 22 heavy (non-hydrogen) atoms. The molecule has 8 heteroatoms. The van der Waals surface area contributed by atoms with Crippen LogP contribution in [0.5, 0.6) is 0 Å². The summed E-state index contributed by atoms with van der Waals surface area (Å²) in [6.07, 6.45) is 1.65. The molecule has 4 aromatic rings. The molecule has 4 rings (SSSR count). The summed E-state index contributed by atoms with van der Waals surface area (Å²) in [4.78, 5) is 17.1. The number of nitrogens with one attached hydrogen (secondary N) is 1. The van der Waals surface area contributed by atoms with Gasteiger partial charge in [-0.1, -0.05) is 41.2 Å². The van der Waals surface area contributed by atoms with Crippen LogP contribution in [0.4, 0.5) is 0 Å². The molecule has 0 bridgehead atoms. The van der Waals surface area contributed by atoms with Gasteiger partial charge in [-0.3, -0.25) is 4.79 Å². The molecule has 0 aliphatic carbocycles. The second-order valence-corrected chi connectivity index (χ2v) is 6.13. The molecule has 0 fully saturated rings. The van der Waals surface area contributed by atoms with Crippen LogP contribution in [-0.4, -0.2) is 30.0 Å². The highest BCUT2D eigenvalue weighted by Gasteiger charge is 2.13. The van der Waals surface area contributed by atoms with Gasteiger partial charge in [0.1, 0.15) is 5.01 Å². The second kappa shape index (κ2) is 4.99.